The first-order valence-corrected chi connectivity index (χ1v) is 9.07. The number of hydrogen-bond donors (Lipinski definition) is 1. The van der Waals surface area contributed by atoms with Crippen LogP contribution in [0.25, 0.3) is 10.9 Å². The molecule has 1 heterocycles. The van der Waals surface area contributed by atoms with E-state index in [0.717, 1.165) is 5.56 Å². The SMILES string of the molecule is CCOC(=O)c1c(Cc2ccc(OC)cc2)[nH]c2cc(F)c(Br)cc2c1=O. The first-order chi connectivity index (χ1) is 12.9. The van der Waals surface area contributed by atoms with Gasteiger partial charge in [0.2, 0.25) is 5.43 Å². The summed E-state index contributed by atoms with van der Waals surface area (Å²) in [5, 5.41) is 0.213. The normalized spacial score (nSPS) is 10.8. The molecule has 27 heavy (non-hydrogen) atoms. The highest BCUT2D eigenvalue weighted by atomic mass is 79.9. The van der Waals surface area contributed by atoms with E-state index in [2.05, 4.69) is 20.9 Å². The van der Waals surface area contributed by atoms with Crippen molar-refractivity contribution in [3.63, 3.8) is 0 Å². The van der Waals surface area contributed by atoms with Crippen molar-refractivity contribution >= 4 is 32.8 Å². The van der Waals surface area contributed by atoms with E-state index in [1.165, 1.54) is 12.1 Å². The molecule has 0 bridgehead atoms. The Morgan fingerprint density at radius 2 is 1.93 bits per heavy atom. The van der Waals surface area contributed by atoms with Gasteiger partial charge in [-0.1, -0.05) is 12.1 Å². The van der Waals surface area contributed by atoms with E-state index >= 15 is 0 Å². The average Bonchev–Trinajstić information content (AvgIpc) is 2.64. The van der Waals surface area contributed by atoms with Gasteiger partial charge < -0.3 is 14.5 Å². The van der Waals surface area contributed by atoms with Gasteiger partial charge >= 0.3 is 5.97 Å². The molecule has 3 aromatic rings. The van der Waals surface area contributed by atoms with Gasteiger partial charge in [0, 0.05) is 17.5 Å². The van der Waals surface area contributed by atoms with Gasteiger partial charge in [0.15, 0.2) is 0 Å². The first kappa shape index (κ1) is 19.1. The van der Waals surface area contributed by atoms with Gasteiger partial charge in [-0.05, 0) is 52.7 Å². The molecule has 0 aliphatic heterocycles. The molecule has 0 radical (unpaired) electrons. The Hall–Kier alpha value is -2.67. The molecule has 0 saturated carbocycles. The quantitative estimate of drug-likeness (QED) is 0.612. The third-order valence-electron chi connectivity index (χ3n) is 4.14. The summed E-state index contributed by atoms with van der Waals surface area (Å²) in [4.78, 5) is 28.4. The standard InChI is InChI=1S/C20H17BrFNO4/c1-3-27-20(25)18-17(8-11-4-6-12(26-2)7-5-11)23-16-10-15(22)14(21)9-13(16)19(18)24/h4-7,9-10H,3,8H2,1-2H3,(H,23,24). The van der Waals surface area contributed by atoms with Crippen molar-refractivity contribution in [1.29, 1.82) is 0 Å². The summed E-state index contributed by atoms with van der Waals surface area (Å²) in [6.45, 7) is 1.81. The molecule has 0 amide bonds. The number of nitrogens with one attached hydrogen (secondary N) is 1. The molecule has 0 aliphatic rings. The molecule has 0 saturated heterocycles. The summed E-state index contributed by atoms with van der Waals surface area (Å²) in [5.74, 6) is -0.509. The number of carbonyl (C=O) groups excluding carboxylic acids is 1. The number of aromatic nitrogens is 1. The lowest BCUT2D eigenvalue weighted by atomic mass is 10.0. The second-order valence-electron chi connectivity index (χ2n) is 5.86. The smallest absolute Gasteiger partial charge is 0.343 e. The Bertz CT molecular complexity index is 1060. The number of ether oxygens (including phenoxy) is 2. The zero-order valence-electron chi connectivity index (χ0n) is 14.8. The molecule has 0 unspecified atom stereocenters. The van der Waals surface area contributed by atoms with Crippen molar-refractivity contribution in [2.24, 2.45) is 0 Å². The molecule has 0 spiro atoms. The zero-order chi connectivity index (χ0) is 19.6. The second-order valence-corrected chi connectivity index (χ2v) is 6.72. The van der Waals surface area contributed by atoms with Crippen LogP contribution in [0, 0.1) is 5.82 Å². The summed E-state index contributed by atoms with van der Waals surface area (Å²) in [6.07, 6.45) is 0.279. The Morgan fingerprint density at radius 1 is 1.22 bits per heavy atom. The molecule has 1 N–H and O–H groups in total. The largest absolute Gasteiger partial charge is 0.497 e. The van der Waals surface area contributed by atoms with Gasteiger partial charge in [0.25, 0.3) is 0 Å². The molecule has 3 rings (SSSR count). The molecule has 2 aromatic carbocycles. The van der Waals surface area contributed by atoms with Crippen molar-refractivity contribution < 1.29 is 18.7 Å². The number of rotatable bonds is 5. The minimum atomic E-state index is -0.704. The minimum absolute atomic E-state index is 0.0707. The van der Waals surface area contributed by atoms with Crippen LogP contribution < -0.4 is 10.2 Å². The Kier molecular flexibility index (Phi) is 5.60. The van der Waals surface area contributed by atoms with E-state index in [1.807, 2.05) is 12.1 Å². The first-order valence-electron chi connectivity index (χ1n) is 8.28. The maximum Gasteiger partial charge on any atom is 0.343 e. The number of benzene rings is 2. The molecule has 0 atom stereocenters. The summed E-state index contributed by atoms with van der Waals surface area (Å²) < 4.78 is 24.3. The number of H-pyrrole nitrogens is 1. The van der Waals surface area contributed by atoms with E-state index < -0.39 is 17.2 Å². The third-order valence-corrected chi connectivity index (χ3v) is 4.75. The van der Waals surface area contributed by atoms with E-state index in [4.69, 9.17) is 9.47 Å². The molecule has 5 nitrogen and oxygen atoms in total. The monoisotopic (exact) mass is 433 g/mol. The zero-order valence-corrected chi connectivity index (χ0v) is 16.4. The molecule has 0 fully saturated rings. The van der Waals surface area contributed by atoms with Crippen molar-refractivity contribution in [2.75, 3.05) is 13.7 Å². The predicted molar refractivity (Wildman–Crippen MR) is 104 cm³/mol. The molecule has 7 heteroatoms. The predicted octanol–water partition coefficient (Wildman–Crippen LogP) is 4.21. The van der Waals surface area contributed by atoms with Crippen LogP contribution in [0.2, 0.25) is 0 Å². The average molecular weight is 434 g/mol. The fraction of sp³-hybridized carbons (Fsp3) is 0.200. The highest BCUT2D eigenvalue weighted by Gasteiger charge is 2.21. The number of hydrogen-bond acceptors (Lipinski definition) is 4. The van der Waals surface area contributed by atoms with E-state index in [9.17, 15) is 14.0 Å². The fourth-order valence-corrected chi connectivity index (χ4v) is 3.18. The second kappa shape index (κ2) is 7.92. The highest BCUT2D eigenvalue weighted by molar-refractivity contribution is 9.10. The number of halogens is 2. The number of fused-ring (bicyclic) bond motifs is 1. The lowest BCUT2D eigenvalue weighted by Gasteiger charge is -2.12. The molecule has 140 valence electrons. The van der Waals surface area contributed by atoms with Crippen LogP contribution in [-0.2, 0) is 11.2 Å². The van der Waals surface area contributed by atoms with E-state index in [1.54, 1.807) is 26.2 Å². The number of methoxy groups -OCH3 is 1. The topological polar surface area (TPSA) is 68.4 Å². The molecular formula is C20H17BrFNO4. The van der Waals surface area contributed by atoms with Crippen LogP contribution in [-0.4, -0.2) is 24.7 Å². The van der Waals surface area contributed by atoms with Gasteiger partial charge in [-0.2, -0.15) is 0 Å². The van der Waals surface area contributed by atoms with Gasteiger partial charge in [-0.3, -0.25) is 4.79 Å². The van der Waals surface area contributed by atoms with Crippen molar-refractivity contribution in [2.45, 2.75) is 13.3 Å². The number of esters is 1. The van der Waals surface area contributed by atoms with Crippen molar-refractivity contribution in [1.82, 2.24) is 4.98 Å². The van der Waals surface area contributed by atoms with Crippen LogP contribution in [0.15, 0.2) is 45.7 Å². The maximum absolute atomic E-state index is 13.9. The van der Waals surface area contributed by atoms with Crippen LogP contribution in [0.4, 0.5) is 4.39 Å². The van der Waals surface area contributed by atoms with Gasteiger partial charge in [-0.15, -0.1) is 0 Å². The highest BCUT2D eigenvalue weighted by Crippen LogP contribution is 2.23. The number of aromatic amines is 1. The van der Waals surface area contributed by atoms with Gasteiger partial charge in [0.05, 0.1) is 23.7 Å². The molecule has 1 aromatic heterocycles. The van der Waals surface area contributed by atoms with Gasteiger partial charge in [0.1, 0.15) is 17.1 Å². The van der Waals surface area contributed by atoms with E-state index in [-0.39, 0.29) is 28.5 Å². The number of pyridine rings is 1. The Labute approximate surface area is 163 Å². The van der Waals surface area contributed by atoms with Gasteiger partial charge in [-0.25, -0.2) is 9.18 Å². The maximum atomic E-state index is 13.9. The summed E-state index contributed by atoms with van der Waals surface area (Å²) in [5.41, 5.74) is 0.981. The molecular weight excluding hydrogens is 417 g/mol. The number of carbonyl (C=O) groups is 1. The van der Waals surface area contributed by atoms with Crippen LogP contribution >= 0.6 is 15.9 Å². The third kappa shape index (κ3) is 3.88. The lowest BCUT2D eigenvalue weighted by molar-refractivity contribution is 0.0523. The van der Waals surface area contributed by atoms with Crippen LogP contribution in [0.3, 0.4) is 0 Å². The summed E-state index contributed by atoms with van der Waals surface area (Å²) in [6, 6.07) is 9.83. The molecule has 0 aliphatic carbocycles. The summed E-state index contributed by atoms with van der Waals surface area (Å²) >= 11 is 3.07. The Balaban J connectivity index is 2.18. The Morgan fingerprint density at radius 3 is 2.56 bits per heavy atom. The van der Waals surface area contributed by atoms with Crippen LogP contribution in [0.5, 0.6) is 5.75 Å². The fourth-order valence-electron chi connectivity index (χ4n) is 2.83. The minimum Gasteiger partial charge on any atom is -0.497 e. The van der Waals surface area contributed by atoms with Crippen LogP contribution in [0.1, 0.15) is 28.5 Å². The van der Waals surface area contributed by atoms with E-state index in [0.29, 0.717) is 17.0 Å². The summed E-state index contributed by atoms with van der Waals surface area (Å²) in [7, 11) is 1.57. The van der Waals surface area contributed by atoms with Crippen molar-refractivity contribution in [3.05, 3.63) is 73.7 Å². The van der Waals surface area contributed by atoms with Crippen molar-refractivity contribution in [3.8, 4) is 5.75 Å². The lowest BCUT2D eigenvalue weighted by Crippen LogP contribution is -2.22.